The molecule has 6 nitrogen and oxygen atoms in total. The van der Waals surface area contributed by atoms with Crippen LogP contribution in [0.4, 0.5) is 0 Å². The SMILES string of the molecule is C=CC(=O)OC(CCCC)(CCCC)COP(=O)(O)O. The highest BCUT2D eigenvalue weighted by Crippen LogP contribution is 2.39. The van der Waals surface area contributed by atoms with Crippen LogP contribution in [0.3, 0.4) is 0 Å². The lowest BCUT2D eigenvalue weighted by molar-refractivity contribution is -0.160. The Bertz CT molecular complexity index is 341. The van der Waals surface area contributed by atoms with Crippen LogP contribution in [-0.4, -0.2) is 28.0 Å². The third kappa shape index (κ3) is 8.48. The number of carbonyl (C=O) groups excluding carboxylic acids is 1. The molecule has 7 heteroatoms. The summed E-state index contributed by atoms with van der Waals surface area (Å²) in [5, 5.41) is 0. The van der Waals surface area contributed by atoms with Gasteiger partial charge in [0.25, 0.3) is 0 Å². The maximum absolute atomic E-state index is 11.5. The number of hydrogen-bond donors (Lipinski definition) is 2. The van der Waals surface area contributed by atoms with Crippen LogP contribution >= 0.6 is 7.82 Å². The van der Waals surface area contributed by atoms with E-state index in [9.17, 15) is 9.36 Å². The predicted molar refractivity (Wildman–Crippen MR) is 76.1 cm³/mol. The first-order chi connectivity index (χ1) is 9.28. The molecule has 20 heavy (non-hydrogen) atoms. The zero-order valence-electron chi connectivity index (χ0n) is 12.2. The minimum absolute atomic E-state index is 0.309. The van der Waals surface area contributed by atoms with E-state index in [1.54, 1.807) is 0 Å². The van der Waals surface area contributed by atoms with E-state index in [4.69, 9.17) is 14.5 Å². The number of unbranched alkanes of at least 4 members (excludes halogenated alkanes) is 2. The van der Waals surface area contributed by atoms with Gasteiger partial charge in [-0.2, -0.15) is 0 Å². The van der Waals surface area contributed by atoms with Gasteiger partial charge in [-0.05, 0) is 25.7 Å². The van der Waals surface area contributed by atoms with E-state index in [1.807, 2.05) is 13.8 Å². The minimum atomic E-state index is -4.60. The van der Waals surface area contributed by atoms with Crippen molar-refractivity contribution in [3.63, 3.8) is 0 Å². The number of rotatable bonds is 11. The van der Waals surface area contributed by atoms with E-state index in [2.05, 4.69) is 11.1 Å². The quantitative estimate of drug-likeness (QED) is 0.346. The molecule has 0 radical (unpaired) electrons. The van der Waals surface area contributed by atoms with E-state index < -0.39 is 19.4 Å². The van der Waals surface area contributed by atoms with Crippen molar-refractivity contribution in [2.45, 2.75) is 58.0 Å². The molecule has 0 aliphatic heterocycles. The molecule has 0 aliphatic rings. The van der Waals surface area contributed by atoms with Gasteiger partial charge in [-0.3, -0.25) is 4.52 Å². The lowest BCUT2D eigenvalue weighted by Gasteiger charge is -2.33. The average Bonchev–Trinajstić information content (AvgIpc) is 2.39. The van der Waals surface area contributed by atoms with Gasteiger partial charge in [-0.15, -0.1) is 0 Å². The van der Waals surface area contributed by atoms with Gasteiger partial charge in [-0.1, -0.05) is 33.3 Å². The minimum Gasteiger partial charge on any atom is -0.453 e. The summed E-state index contributed by atoms with van der Waals surface area (Å²) < 4.78 is 20.8. The molecule has 2 N–H and O–H groups in total. The van der Waals surface area contributed by atoms with E-state index >= 15 is 0 Å². The molecule has 0 saturated carbocycles. The zero-order valence-corrected chi connectivity index (χ0v) is 13.1. The van der Waals surface area contributed by atoms with E-state index in [1.165, 1.54) is 0 Å². The Hall–Kier alpha value is -0.680. The molecule has 0 bridgehead atoms. The van der Waals surface area contributed by atoms with Crippen molar-refractivity contribution in [3.05, 3.63) is 12.7 Å². The Labute approximate surface area is 120 Å². The number of hydrogen-bond acceptors (Lipinski definition) is 4. The molecule has 0 unspecified atom stereocenters. The molecular formula is C13H25O6P. The Morgan fingerprint density at radius 1 is 1.25 bits per heavy atom. The standard InChI is InChI=1S/C13H25O6P/c1-4-7-9-13(10-8-5-2,19-12(14)6-3)11-18-20(15,16)17/h6H,3-5,7-11H2,1-2H3,(H2,15,16,17). The van der Waals surface area contributed by atoms with Crippen LogP contribution in [0.5, 0.6) is 0 Å². The number of phosphoric acid groups is 1. The average molecular weight is 308 g/mol. The van der Waals surface area contributed by atoms with Crippen molar-refractivity contribution in [1.29, 1.82) is 0 Å². The van der Waals surface area contributed by atoms with Crippen LogP contribution < -0.4 is 0 Å². The molecule has 0 rings (SSSR count). The molecule has 0 saturated heterocycles. The summed E-state index contributed by atoms with van der Waals surface area (Å²) in [5.41, 5.74) is -1.00. The molecule has 0 atom stereocenters. The molecule has 0 aliphatic carbocycles. The lowest BCUT2D eigenvalue weighted by Crippen LogP contribution is -2.39. The summed E-state index contributed by atoms with van der Waals surface area (Å²) in [4.78, 5) is 29.2. The highest BCUT2D eigenvalue weighted by atomic mass is 31.2. The zero-order chi connectivity index (χ0) is 15.6. The number of phosphoric ester groups is 1. The summed E-state index contributed by atoms with van der Waals surface area (Å²) in [6, 6.07) is 0. The monoisotopic (exact) mass is 308 g/mol. The fourth-order valence-electron chi connectivity index (χ4n) is 1.86. The molecular weight excluding hydrogens is 283 g/mol. The number of esters is 1. The smallest absolute Gasteiger partial charge is 0.453 e. The number of carbonyl (C=O) groups is 1. The fraction of sp³-hybridized carbons (Fsp3) is 0.769. The first-order valence-corrected chi connectivity index (χ1v) is 8.37. The van der Waals surface area contributed by atoms with Gasteiger partial charge in [0, 0.05) is 6.08 Å². The van der Waals surface area contributed by atoms with Crippen molar-refractivity contribution in [2.24, 2.45) is 0 Å². The summed E-state index contributed by atoms with van der Waals surface area (Å²) in [5.74, 6) is -0.605. The van der Waals surface area contributed by atoms with Gasteiger partial charge in [0.1, 0.15) is 5.60 Å². The van der Waals surface area contributed by atoms with Crippen molar-refractivity contribution in [1.82, 2.24) is 0 Å². The topological polar surface area (TPSA) is 93.1 Å². The molecule has 0 amide bonds. The van der Waals surface area contributed by atoms with Crippen LogP contribution in [0, 0.1) is 0 Å². The summed E-state index contributed by atoms with van der Waals surface area (Å²) >= 11 is 0. The molecule has 0 aromatic rings. The largest absolute Gasteiger partial charge is 0.469 e. The lowest BCUT2D eigenvalue weighted by atomic mass is 9.91. The van der Waals surface area contributed by atoms with Crippen LogP contribution in [0.1, 0.15) is 52.4 Å². The van der Waals surface area contributed by atoms with Gasteiger partial charge in [-0.25, -0.2) is 9.36 Å². The maximum Gasteiger partial charge on any atom is 0.469 e. The normalized spacial score (nSPS) is 12.2. The van der Waals surface area contributed by atoms with Crippen molar-refractivity contribution in [2.75, 3.05) is 6.61 Å². The Balaban J connectivity index is 5.00. The van der Waals surface area contributed by atoms with Crippen molar-refractivity contribution in [3.8, 4) is 0 Å². The highest BCUT2D eigenvalue weighted by molar-refractivity contribution is 7.46. The Kier molecular flexibility index (Phi) is 8.98. The van der Waals surface area contributed by atoms with Gasteiger partial charge in [0.15, 0.2) is 0 Å². The second-order valence-electron chi connectivity index (χ2n) is 4.78. The first kappa shape index (κ1) is 19.3. The van der Waals surface area contributed by atoms with Gasteiger partial charge < -0.3 is 14.5 Å². The summed E-state index contributed by atoms with van der Waals surface area (Å²) in [7, 11) is -4.60. The number of ether oxygens (including phenoxy) is 1. The molecule has 0 heterocycles. The van der Waals surface area contributed by atoms with Crippen LogP contribution in [0.25, 0.3) is 0 Å². The van der Waals surface area contributed by atoms with Crippen LogP contribution in [0.2, 0.25) is 0 Å². The molecule has 0 spiro atoms. The van der Waals surface area contributed by atoms with Crippen LogP contribution in [-0.2, 0) is 18.6 Å². The van der Waals surface area contributed by atoms with E-state index in [-0.39, 0.29) is 6.61 Å². The van der Waals surface area contributed by atoms with Crippen molar-refractivity contribution >= 4 is 13.8 Å². The highest BCUT2D eigenvalue weighted by Gasteiger charge is 2.35. The second kappa shape index (κ2) is 9.29. The first-order valence-electron chi connectivity index (χ1n) is 6.84. The summed E-state index contributed by atoms with van der Waals surface area (Å²) in [6.07, 6.45) is 5.37. The van der Waals surface area contributed by atoms with Gasteiger partial charge >= 0.3 is 13.8 Å². The van der Waals surface area contributed by atoms with Gasteiger partial charge in [0.05, 0.1) is 6.61 Å². The molecule has 0 aromatic heterocycles. The van der Waals surface area contributed by atoms with Gasteiger partial charge in [0.2, 0.25) is 0 Å². The predicted octanol–water partition coefficient (Wildman–Crippen LogP) is 2.94. The molecule has 118 valence electrons. The van der Waals surface area contributed by atoms with Crippen molar-refractivity contribution < 1.29 is 28.4 Å². The third-order valence-electron chi connectivity index (χ3n) is 2.95. The fourth-order valence-corrected chi connectivity index (χ4v) is 2.26. The Morgan fingerprint density at radius 3 is 2.10 bits per heavy atom. The molecule has 0 fully saturated rings. The summed E-state index contributed by atoms with van der Waals surface area (Å²) in [6.45, 7) is 7.02. The van der Waals surface area contributed by atoms with E-state index in [0.717, 1.165) is 31.8 Å². The van der Waals surface area contributed by atoms with Crippen LogP contribution in [0.15, 0.2) is 12.7 Å². The molecule has 0 aromatic carbocycles. The van der Waals surface area contributed by atoms with E-state index in [0.29, 0.717) is 12.8 Å². The third-order valence-corrected chi connectivity index (χ3v) is 3.42. The Morgan fingerprint density at radius 2 is 1.75 bits per heavy atom. The second-order valence-corrected chi connectivity index (χ2v) is 6.02. The maximum atomic E-state index is 11.5.